The lowest BCUT2D eigenvalue weighted by Gasteiger charge is -2.15. The lowest BCUT2D eigenvalue weighted by molar-refractivity contribution is -0.139. The third-order valence-electron chi connectivity index (χ3n) is 4.19. The van der Waals surface area contributed by atoms with Gasteiger partial charge in [-0.2, -0.15) is 13.2 Å². The maximum absolute atomic E-state index is 13.5. The second kappa shape index (κ2) is 6.93. The van der Waals surface area contributed by atoms with Gasteiger partial charge in [0.1, 0.15) is 16.5 Å². The van der Waals surface area contributed by atoms with E-state index < -0.39 is 26.7 Å². The molecule has 0 spiro atoms. The molecule has 0 aliphatic heterocycles. The van der Waals surface area contributed by atoms with Crippen molar-refractivity contribution in [2.75, 3.05) is 0 Å². The summed E-state index contributed by atoms with van der Waals surface area (Å²) in [6.45, 7) is 0. The molecule has 0 fully saturated rings. The van der Waals surface area contributed by atoms with Gasteiger partial charge in [0.2, 0.25) is 0 Å². The number of rotatable bonds is 4. The first-order valence-electron chi connectivity index (χ1n) is 8.39. The van der Waals surface area contributed by atoms with Crippen LogP contribution >= 0.6 is 0 Å². The molecular formula is C20H13F3N2O3S. The molecule has 4 aromatic rings. The Bertz CT molecular complexity index is 1300. The predicted molar refractivity (Wildman–Crippen MR) is 101 cm³/mol. The number of hydrogen-bond donors (Lipinski definition) is 0. The zero-order valence-corrected chi connectivity index (χ0v) is 15.5. The Balaban J connectivity index is 1.97. The van der Waals surface area contributed by atoms with E-state index in [0.717, 1.165) is 22.2 Å². The topological polar surface area (TPSA) is 65.1 Å². The minimum Gasteiger partial charge on any atom is -0.465 e. The number of aromatic nitrogens is 2. The molecule has 2 heterocycles. The van der Waals surface area contributed by atoms with Crippen molar-refractivity contribution >= 4 is 33.2 Å². The molecule has 0 saturated carbocycles. The summed E-state index contributed by atoms with van der Waals surface area (Å²) in [5, 5.41) is 0. The van der Waals surface area contributed by atoms with E-state index in [9.17, 15) is 21.6 Å². The number of imidazole rings is 1. The largest absolute Gasteiger partial charge is 0.465 e. The van der Waals surface area contributed by atoms with Crippen LogP contribution in [0.5, 0.6) is 0 Å². The third kappa shape index (κ3) is 3.44. The molecule has 0 N–H and O–H groups in total. The number of halogens is 3. The van der Waals surface area contributed by atoms with Gasteiger partial charge in [-0.15, -0.1) is 0 Å². The monoisotopic (exact) mass is 418 g/mol. The van der Waals surface area contributed by atoms with Gasteiger partial charge in [-0.3, -0.25) is 0 Å². The zero-order chi connectivity index (χ0) is 20.6. The summed E-state index contributed by atoms with van der Waals surface area (Å²) in [6, 6.07) is 13.7. The standard InChI is InChI=1S/C20H13F3N2O3S/c21-20(22,23)15-7-1-4-10-18(15)29(26,27)25-17-9-3-2-8-16(17)24-19(25)12-11-14-6-5-13-28-14/h1-13H. The highest BCUT2D eigenvalue weighted by Gasteiger charge is 2.38. The second-order valence-electron chi connectivity index (χ2n) is 6.07. The van der Waals surface area contributed by atoms with Crippen LogP contribution in [0.3, 0.4) is 0 Å². The van der Waals surface area contributed by atoms with E-state index in [2.05, 4.69) is 4.98 Å². The fraction of sp³-hybridized carbons (Fsp3) is 0.0500. The number of hydrogen-bond acceptors (Lipinski definition) is 4. The van der Waals surface area contributed by atoms with Crippen molar-refractivity contribution in [2.24, 2.45) is 0 Å². The first-order chi connectivity index (χ1) is 13.8. The molecule has 4 rings (SSSR count). The number of para-hydroxylation sites is 2. The molecular weight excluding hydrogens is 405 g/mol. The molecule has 0 aliphatic rings. The van der Waals surface area contributed by atoms with Crippen LogP contribution in [0.15, 0.2) is 76.2 Å². The van der Waals surface area contributed by atoms with Crippen molar-refractivity contribution in [1.29, 1.82) is 0 Å². The van der Waals surface area contributed by atoms with Gasteiger partial charge in [0.25, 0.3) is 10.0 Å². The lowest BCUT2D eigenvalue weighted by Crippen LogP contribution is -2.19. The van der Waals surface area contributed by atoms with E-state index in [1.807, 2.05) is 0 Å². The summed E-state index contributed by atoms with van der Waals surface area (Å²) >= 11 is 0. The summed E-state index contributed by atoms with van der Waals surface area (Å²) in [7, 11) is -4.61. The summed E-state index contributed by atoms with van der Waals surface area (Å²) in [4.78, 5) is 3.43. The van der Waals surface area contributed by atoms with Gasteiger partial charge in [0.05, 0.1) is 22.9 Å². The second-order valence-corrected chi connectivity index (χ2v) is 7.83. The van der Waals surface area contributed by atoms with Crippen LogP contribution in [0.1, 0.15) is 17.1 Å². The number of furan rings is 1. The van der Waals surface area contributed by atoms with Gasteiger partial charge in [0.15, 0.2) is 0 Å². The molecule has 29 heavy (non-hydrogen) atoms. The van der Waals surface area contributed by atoms with Gasteiger partial charge in [-0.05, 0) is 48.6 Å². The van der Waals surface area contributed by atoms with Crippen molar-refractivity contribution in [3.63, 3.8) is 0 Å². The molecule has 5 nitrogen and oxygen atoms in total. The van der Waals surface area contributed by atoms with E-state index in [4.69, 9.17) is 4.42 Å². The Morgan fingerprint density at radius 1 is 0.931 bits per heavy atom. The van der Waals surface area contributed by atoms with Gasteiger partial charge < -0.3 is 4.42 Å². The van der Waals surface area contributed by atoms with Crippen molar-refractivity contribution in [2.45, 2.75) is 11.1 Å². The number of fused-ring (bicyclic) bond motifs is 1. The predicted octanol–water partition coefficient (Wildman–Crippen LogP) is 5.06. The van der Waals surface area contributed by atoms with Crippen molar-refractivity contribution in [1.82, 2.24) is 8.96 Å². The van der Waals surface area contributed by atoms with E-state index in [0.29, 0.717) is 11.3 Å². The minimum atomic E-state index is -4.83. The van der Waals surface area contributed by atoms with Crippen LogP contribution in [0.25, 0.3) is 23.2 Å². The van der Waals surface area contributed by atoms with Crippen molar-refractivity contribution < 1.29 is 26.0 Å². The highest BCUT2D eigenvalue weighted by atomic mass is 32.2. The SMILES string of the molecule is O=S(=O)(c1ccccc1C(F)(F)F)n1c(C=Cc2ccco2)nc2ccccc21. The Morgan fingerprint density at radius 2 is 1.66 bits per heavy atom. The van der Waals surface area contributed by atoms with Crippen LogP contribution in [0.4, 0.5) is 13.2 Å². The van der Waals surface area contributed by atoms with Crippen LogP contribution in [-0.4, -0.2) is 17.4 Å². The van der Waals surface area contributed by atoms with E-state index in [1.165, 1.54) is 30.5 Å². The van der Waals surface area contributed by atoms with Gasteiger partial charge in [-0.1, -0.05) is 24.3 Å². The Hall–Kier alpha value is -3.33. The first-order valence-corrected chi connectivity index (χ1v) is 9.83. The summed E-state index contributed by atoms with van der Waals surface area (Å²) in [5.74, 6) is 0.399. The fourth-order valence-electron chi connectivity index (χ4n) is 2.95. The van der Waals surface area contributed by atoms with Crippen molar-refractivity contribution in [3.05, 3.63) is 84.1 Å². The third-order valence-corrected chi connectivity index (χ3v) is 5.97. The average Bonchev–Trinajstić information content (AvgIpc) is 3.33. The normalized spacial score (nSPS) is 12.8. The lowest BCUT2D eigenvalue weighted by atomic mass is 10.2. The molecule has 0 radical (unpaired) electrons. The molecule has 0 saturated heterocycles. The smallest absolute Gasteiger partial charge is 0.417 e. The van der Waals surface area contributed by atoms with E-state index in [-0.39, 0.29) is 11.3 Å². The van der Waals surface area contributed by atoms with Gasteiger partial charge in [-0.25, -0.2) is 17.4 Å². The van der Waals surface area contributed by atoms with Crippen LogP contribution in [0, 0.1) is 0 Å². The van der Waals surface area contributed by atoms with Crippen molar-refractivity contribution in [3.8, 4) is 0 Å². The first kappa shape index (κ1) is 19.0. The van der Waals surface area contributed by atoms with Gasteiger partial charge >= 0.3 is 6.18 Å². The van der Waals surface area contributed by atoms with Crippen LogP contribution in [-0.2, 0) is 16.2 Å². The minimum absolute atomic E-state index is 0.0421. The summed E-state index contributed by atoms with van der Waals surface area (Å²) < 4.78 is 73.0. The molecule has 0 amide bonds. The number of nitrogens with zero attached hydrogens (tertiary/aromatic N) is 2. The molecule has 0 aliphatic carbocycles. The number of benzene rings is 2. The Morgan fingerprint density at radius 3 is 2.38 bits per heavy atom. The fourth-order valence-corrected chi connectivity index (χ4v) is 4.62. The van der Waals surface area contributed by atoms with Crippen LogP contribution < -0.4 is 0 Å². The molecule has 0 bridgehead atoms. The zero-order valence-electron chi connectivity index (χ0n) is 14.7. The highest BCUT2D eigenvalue weighted by molar-refractivity contribution is 7.90. The molecule has 0 atom stereocenters. The van der Waals surface area contributed by atoms with E-state index >= 15 is 0 Å². The molecule has 9 heteroatoms. The Kier molecular flexibility index (Phi) is 4.54. The maximum atomic E-state index is 13.5. The molecule has 2 aromatic heterocycles. The maximum Gasteiger partial charge on any atom is 0.417 e. The van der Waals surface area contributed by atoms with E-state index in [1.54, 1.807) is 30.3 Å². The Labute approximate surface area is 163 Å². The number of alkyl halides is 3. The molecule has 0 unspecified atom stereocenters. The molecule has 2 aromatic carbocycles. The quantitative estimate of drug-likeness (QED) is 0.465. The average molecular weight is 418 g/mol. The van der Waals surface area contributed by atoms with Gasteiger partial charge in [0, 0.05) is 0 Å². The van der Waals surface area contributed by atoms with Crippen LogP contribution in [0.2, 0.25) is 0 Å². The highest BCUT2D eigenvalue weighted by Crippen LogP contribution is 2.36. The summed E-state index contributed by atoms with van der Waals surface area (Å²) in [5.41, 5.74) is -0.734. The summed E-state index contributed by atoms with van der Waals surface area (Å²) in [6.07, 6.45) is -0.515. The molecule has 148 valence electrons.